The molecule has 0 aliphatic carbocycles. The molecule has 160 valence electrons. The minimum atomic E-state index is 0.825. The zero-order valence-corrected chi connectivity index (χ0v) is 19.1. The van der Waals surface area contributed by atoms with E-state index in [-0.39, 0.29) is 0 Å². The monoisotopic (exact) mass is 394 g/mol. The van der Waals surface area contributed by atoms with Gasteiger partial charge in [-0.05, 0) is 63.8 Å². The van der Waals surface area contributed by atoms with Gasteiger partial charge in [0.05, 0.1) is 0 Å². The van der Waals surface area contributed by atoms with Crippen LogP contribution in [0.15, 0.2) is 96.6 Å². The standard InChI is InChI=1S/C28H42O/c1-5-9-13-15-17-21-25-27(23-19-11-7-3)29-28(24-20-12-8-4)26-22-18-16-14-10-6-2/h7-8,11-12,17-26H,5-6,9-10,13-16H2,1-4H3/b11-7+,12-8+,21-17+,22-18+,23-19+,24-20+,27-25+,28-26+. The summed E-state index contributed by atoms with van der Waals surface area (Å²) in [5.41, 5.74) is 0. The average molecular weight is 395 g/mol. The number of rotatable bonds is 16. The Morgan fingerprint density at radius 1 is 0.586 bits per heavy atom. The van der Waals surface area contributed by atoms with Crippen LogP contribution in [-0.4, -0.2) is 0 Å². The molecule has 0 amide bonds. The molecule has 1 nitrogen and oxygen atoms in total. The van der Waals surface area contributed by atoms with Crippen LogP contribution < -0.4 is 0 Å². The van der Waals surface area contributed by atoms with Gasteiger partial charge in [-0.25, -0.2) is 0 Å². The lowest BCUT2D eigenvalue weighted by atomic mass is 10.2. The number of hydrogen-bond acceptors (Lipinski definition) is 1. The van der Waals surface area contributed by atoms with Gasteiger partial charge in [-0.15, -0.1) is 0 Å². The van der Waals surface area contributed by atoms with Crippen molar-refractivity contribution in [2.24, 2.45) is 0 Å². The lowest BCUT2D eigenvalue weighted by Gasteiger charge is -2.06. The SMILES string of the molecule is C/C=C/C=C/C(=C\C=C\CCCCC)OC(/C=C/C=C/C)=C/C=C/CCCCC. The first kappa shape index (κ1) is 26.7. The Morgan fingerprint density at radius 2 is 1.03 bits per heavy atom. The van der Waals surface area contributed by atoms with Gasteiger partial charge in [-0.2, -0.15) is 0 Å². The molecule has 0 aliphatic heterocycles. The molecule has 0 N–H and O–H groups in total. The molecule has 0 saturated carbocycles. The molecule has 0 bridgehead atoms. The molecular weight excluding hydrogens is 352 g/mol. The molecule has 0 aromatic rings. The fourth-order valence-corrected chi connectivity index (χ4v) is 2.45. The van der Waals surface area contributed by atoms with E-state index in [4.69, 9.17) is 4.74 Å². The predicted molar refractivity (Wildman–Crippen MR) is 132 cm³/mol. The van der Waals surface area contributed by atoms with E-state index in [0.717, 1.165) is 24.4 Å². The molecule has 0 aromatic carbocycles. The van der Waals surface area contributed by atoms with E-state index in [0.29, 0.717) is 0 Å². The van der Waals surface area contributed by atoms with Gasteiger partial charge in [0.15, 0.2) is 0 Å². The Hall–Kier alpha value is -2.28. The number of unbranched alkanes of at least 4 members (excludes halogenated alkanes) is 6. The zero-order chi connectivity index (χ0) is 21.4. The fraction of sp³-hybridized carbons (Fsp3) is 0.429. The van der Waals surface area contributed by atoms with E-state index in [1.165, 1.54) is 38.5 Å². The van der Waals surface area contributed by atoms with Crippen LogP contribution in [0.25, 0.3) is 0 Å². The van der Waals surface area contributed by atoms with Crippen LogP contribution >= 0.6 is 0 Å². The Kier molecular flexibility index (Phi) is 20.3. The van der Waals surface area contributed by atoms with Gasteiger partial charge < -0.3 is 4.74 Å². The van der Waals surface area contributed by atoms with Gasteiger partial charge in [0, 0.05) is 0 Å². The lowest BCUT2D eigenvalue weighted by molar-refractivity contribution is 0.336. The highest BCUT2D eigenvalue weighted by atomic mass is 16.5. The van der Waals surface area contributed by atoms with Crippen molar-refractivity contribution in [2.45, 2.75) is 79.1 Å². The molecule has 0 saturated heterocycles. The van der Waals surface area contributed by atoms with Crippen LogP contribution in [0.3, 0.4) is 0 Å². The van der Waals surface area contributed by atoms with E-state index in [2.05, 4.69) is 38.2 Å². The van der Waals surface area contributed by atoms with E-state index >= 15 is 0 Å². The fourth-order valence-electron chi connectivity index (χ4n) is 2.45. The summed E-state index contributed by atoms with van der Waals surface area (Å²) in [7, 11) is 0. The summed E-state index contributed by atoms with van der Waals surface area (Å²) in [4.78, 5) is 0. The lowest BCUT2D eigenvalue weighted by Crippen LogP contribution is -1.88. The van der Waals surface area contributed by atoms with Crippen LogP contribution in [-0.2, 0) is 4.74 Å². The third-order valence-electron chi connectivity index (χ3n) is 4.11. The first-order valence-corrected chi connectivity index (χ1v) is 11.3. The minimum Gasteiger partial charge on any atom is -0.457 e. The molecule has 0 fully saturated rings. The molecular formula is C28H42O. The van der Waals surface area contributed by atoms with Crippen LogP contribution in [0, 0.1) is 0 Å². The molecule has 0 radical (unpaired) electrons. The van der Waals surface area contributed by atoms with Crippen molar-refractivity contribution in [1.82, 2.24) is 0 Å². The van der Waals surface area contributed by atoms with Gasteiger partial charge in [0.25, 0.3) is 0 Å². The number of ether oxygens (including phenoxy) is 1. The smallest absolute Gasteiger partial charge is 0.127 e. The summed E-state index contributed by atoms with van der Waals surface area (Å²) in [6, 6.07) is 0. The average Bonchev–Trinajstić information content (AvgIpc) is 2.72. The maximum atomic E-state index is 6.18. The van der Waals surface area contributed by atoms with Gasteiger partial charge >= 0.3 is 0 Å². The second-order valence-corrected chi connectivity index (χ2v) is 6.86. The van der Waals surface area contributed by atoms with Gasteiger partial charge in [0.2, 0.25) is 0 Å². The quantitative estimate of drug-likeness (QED) is 0.144. The third-order valence-corrected chi connectivity index (χ3v) is 4.11. The molecule has 0 aromatic heterocycles. The summed E-state index contributed by atoms with van der Waals surface area (Å²) in [6.45, 7) is 8.48. The highest BCUT2D eigenvalue weighted by molar-refractivity contribution is 5.28. The summed E-state index contributed by atoms with van der Waals surface area (Å²) < 4.78 is 6.18. The molecule has 0 aliphatic rings. The highest BCUT2D eigenvalue weighted by Crippen LogP contribution is 2.12. The molecule has 0 unspecified atom stereocenters. The summed E-state index contributed by atoms with van der Waals surface area (Å²) in [5, 5.41) is 0. The molecule has 0 atom stereocenters. The topological polar surface area (TPSA) is 9.23 Å². The molecule has 0 spiro atoms. The van der Waals surface area contributed by atoms with Crippen LogP contribution in [0.1, 0.15) is 79.1 Å². The van der Waals surface area contributed by atoms with Crippen LogP contribution in [0.5, 0.6) is 0 Å². The van der Waals surface area contributed by atoms with Gasteiger partial charge in [-0.1, -0.05) is 100 Å². The Morgan fingerprint density at radius 3 is 1.41 bits per heavy atom. The van der Waals surface area contributed by atoms with Gasteiger partial charge in [-0.3, -0.25) is 0 Å². The summed E-state index contributed by atoms with van der Waals surface area (Å²) >= 11 is 0. The Labute approximate surface area is 180 Å². The van der Waals surface area contributed by atoms with Gasteiger partial charge in [0.1, 0.15) is 11.5 Å². The Balaban J connectivity index is 5.22. The maximum Gasteiger partial charge on any atom is 0.127 e. The number of hydrogen-bond donors (Lipinski definition) is 0. The van der Waals surface area contributed by atoms with Crippen LogP contribution in [0.4, 0.5) is 0 Å². The van der Waals surface area contributed by atoms with Crippen molar-refractivity contribution in [3.8, 4) is 0 Å². The first-order valence-electron chi connectivity index (χ1n) is 11.3. The van der Waals surface area contributed by atoms with Crippen molar-refractivity contribution >= 4 is 0 Å². The molecule has 29 heavy (non-hydrogen) atoms. The normalized spacial score (nSPS) is 14.2. The van der Waals surface area contributed by atoms with Crippen molar-refractivity contribution < 1.29 is 4.74 Å². The summed E-state index contributed by atoms with van der Waals surface area (Å²) in [6.07, 6.45) is 38.5. The van der Waals surface area contributed by atoms with E-state index < -0.39 is 0 Å². The Bertz CT molecular complexity index is 552. The zero-order valence-electron chi connectivity index (χ0n) is 19.1. The number of allylic oxidation sites excluding steroid dienone is 14. The van der Waals surface area contributed by atoms with Crippen molar-refractivity contribution in [2.75, 3.05) is 0 Å². The molecule has 0 rings (SSSR count). The highest BCUT2D eigenvalue weighted by Gasteiger charge is 1.96. The van der Waals surface area contributed by atoms with E-state index in [1.54, 1.807) is 0 Å². The second kappa shape index (κ2) is 22.0. The van der Waals surface area contributed by atoms with E-state index in [1.807, 2.05) is 74.6 Å². The molecule has 0 heterocycles. The van der Waals surface area contributed by atoms with Crippen molar-refractivity contribution in [3.05, 3.63) is 96.6 Å². The third kappa shape index (κ3) is 18.8. The van der Waals surface area contributed by atoms with Crippen molar-refractivity contribution in [1.29, 1.82) is 0 Å². The van der Waals surface area contributed by atoms with Crippen LogP contribution in [0.2, 0.25) is 0 Å². The largest absolute Gasteiger partial charge is 0.457 e. The van der Waals surface area contributed by atoms with E-state index in [9.17, 15) is 0 Å². The maximum absolute atomic E-state index is 6.18. The predicted octanol–water partition coefficient (Wildman–Crippen LogP) is 9.31. The summed E-state index contributed by atoms with van der Waals surface area (Å²) in [5.74, 6) is 1.65. The second-order valence-electron chi connectivity index (χ2n) is 6.86. The minimum absolute atomic E-state index is 0.825. The molecule has 1 heteroatoms. The van der Waals surface area contributed by atoms with Crippen molar-refractivity contribution in [3.63, 3.8) is 0 Å². The first-order chi connectivity index (χ1) is 14.3.